The number of nitrogens with one attached hydrogen (secondary N) is 1. The second-order valence-corrected chi connectivity index (χ2v) is 6.88. The number of nitrogens with zero attached hydrogens (tertiary/aromatic N) is 1. The Balaban J connectivity index is 1.90. The normalized spacial score (nSPS) is 12.0. The molecule has 2 heterocycles. The highest BCUT2D eigenvalue weighted by Gasteiger charge is 2.25. The van der Waals surface area contributed by atoms with Crippen molar-refractivity contribution in [2.75, 3.05) is 13.7 Å². The summed E-state index contributed by atoms with van der Waals surface area (Å²) in [6.07, 6.45) is -1.22. The first-order chi connectivity index (χ1) is 15.0. The number of carbonyl (C=O) groups is 1. The number of rotatable bonds is 6. The van der Waals surface area contributed by atoms with Gasteiger partial charge in [0.25, 0.3) is 0 Å². The van der Waals surface area contributed by atoms with Crippen molar-refractivity contribution in [3.63, 3.8) is 0 Å². The van der Waals surface area contributed by atoms with E-state index < -0.39 is 17.9 Å². The van der Waals surface area contributed by atoms with Crippen LogP contribution in [0.3, 0.4) is 0 Å². The minimum atomic E-state index is -1.22. The smallest absolute Gasteiger partial charge is 0.356 e. The van der Waals surface area contributed by atoms with E-state index in [1.807, 2.05) is 30.3 Å². The highest BCUT2D eigenvalue weighted by atomic mass is 19.1. The molecule has 0 spiro atoms. The Labute approximate surface area is 178 Å². The fourth-order valence-electron chi connectivity index (χ4n) is 3.56. The summed E-state index contributed by atoms with van der Waals surface area (Å²) in [5, 5.41) is 11.8. The number of ether oxygens (including phenoxy) is 2. The lowest BCUT2D eigenvalue weighted by Gasteiger charge is -2.14. The van der Waals surface area contributed by atoms with Crippen molar-refractivity contribution in [1.82, 2.24) is 9.97 Å². The van der Waals surface area contributed by atoms with Gasteiger partial charge in [0.05, 0.1) is 30.6 Å². The van der Waals surface area contributed by atoms with Gasteiger partial charge in [-0.2, -0.15) is 0 Å². The second-order valence-electron chi connectivity index (χ2n) is 6.88. The molecular formula is C24H21FN2O4. The van der Waals surface area contributed by atoms with Crippen LogP contribution in [-0.4, -0.2) is 34.8 Å². The monoisotopic (exact) mass is 420 g/mol. The van der Waals surface area contributed by atoms with Crippen LogP contribution < -0.4 is 4.74 Å². The minimum Gasteiger partial charge on any atom is -0.494 e. The van der Waals surface area contributed by atoms with Crippen molar-refractivity contribution in [3.8, 4) is 17.0 Å². The van der Waals surface area contributed by atoms with Gasteiger partial charge in [-0.3, -0.25) is 0 Å². The molecule has 0 bridgehead atoms. The van der Waals surface area contributed by atoms with Gasteiger partial charge in [0.2, 0.25) is 0 Å². The molecule has 6 nitrogen and oxygen atoms in total. The largest absolute Gasteiger partial charge is 0.494 e. The third-order valence-corrected chi connectivity index (χ3v) is 4.98. The summed E-state index contributed by atoms with van der Waals surface area (Å²) in [5.74, 6) is -1.03. The molecule has 7 heteroatoms. The number of esters is 1. The molecule has 1 unspecified atom stereocenters. The number of H-pyrrole nitrogens is 1. The summed E-state index contributed by atoms with van der Waals surface area (Å²) in [6, 6.07) is 17.0. The Hall–Kier alpha value is -3.71. The number of hydrogen-bond donors (Lipinski definition) is 2. The first kappa shape index (κ1) is 20.6. The molecule has 31 heavy (non-hydrogen) atoms. The van der Waals surface area contributed by atoms with Gasteiger partial charge in [0, 0.05) is 17.0 Å². The Morgan fingerprint density at radius 1 is 1.16 bits per heavy atom. The molecule has 4 aromatic rings. The van der Waals surface area contributed by atoms with Crippen LogP contribution in [0.2, 0.25) is 0 Å². The fraction of sp³-hybridized carbons (Fsp3) is 0.167. The summed E-state index contributed by atoms with van der Waals surface area (Å²) in [5.41, 5.74) is 2.84. The summed E-state index contributed by atoms with van der Waals surface area (Å²) in [6.45, 7) is 1.92. The summed E-state index contributed by atoms with van der Waals surface area (Å²) >= 11 is 0. The molecule has 0 radical (unpaired) electrons. The average molecular weight is 420 g/mol. The maximum absolute atomic E-state index is 14.5. The lowest BCUT2D eigenvalue weighted by molar-refractivity contribution is 0.0518. The molecule has 0 amide bonds. The van der Waals surface area contributed by atoms with E-state index in [0.717, 1.165) is 5.56 Å². The molecule has 4 rings (SSSR count). The number of aromatic amines is 1. The Morgan fingerprint density at radius 2 is 1.94 bits per heavy atom. The second kappa shape index (κ2) is 8.57. The molecule has 0 fully saturated rings. The molecule has 0 saturated carbocycles. The Morgan fingerprint density at radius 3 is 2.65 bits per heavy atom. The summed E-state index contributed by atoms with van der Waals surface area (Å²) < 4.78 is 24.6. The van der Waals surface area contributed by atoms with E-state index in [-0.39, 0.29) is 23.7 Å². The number of halogens is 1. The third-order valence-electron chi connectivity index (χ3n) is 4.98. The highest BCUT2D eigenvalue weighted by molar-refractivity contribution is 5.93. The van der Waals surface area contributed by atoms with Crippen molar-refractivity contribution < 1.29 is 23.8 Å². The van der Waals surface area contributed by atoms with Crippen LogP contribution in [-0.2, 0) is 4.74 Å². The van der Waals surface area contributed by atoms with E-state index in [4.69, 9.17) is 9.47 Å². The van der Waals surface area contributed by atoms with E-state index in [1.165, 1.54) is 19.2 Å². The molecular weight excluding hydrogens is 399 g/mol. The van der Waals surface area contributed by atoms with Gasteiger partial charge in [-0.15, -0.1) is 0 Å². The number of carbonyl (C=O) groups excluding carboxylic acids is 1. The van der Waals surface area contributed by atoms with Gasteiger partial charge in [-0.1, -0.05) is 36.4 Å². The molecule has 0 aliphatic rings. The number of aliphatic hydroxyl groups is 1. The maximum atomic E-state index is 14.5. The van der Waals surface area contributed by atoms with Crippen molar-refractivity contribution in [1.29, 1.82) is 0 Å². The van der Waals surface area contributed by atoms with Gasteiger partial charge in [0.15, 0.2) is 11.6 Å². The molecule has 2 aromatic carbocycles. The number of aliphatic hydroxyl groups excluding tert-OH is 1. The van der Waals surface area contributed by atoms with Gasteiger partial charge in [-0.05, 0) is 30.7 Å². The zero-order valence-electron chi connectivity index (χ0n) is 17.1. The Kier molecular flexibility index (Phi) is 5.68. The molecule has 2 aromatic heterocycles. The first-order valence-electron chi connectivity index (χ1n) is 9.80. The minimum absolute atomic E-state index is 0.0901. The van der Waals surface area contributed by atoms with Crippen LogP contribution in [0.4, 0.5) is 4.39 Å². The number of fused-ring (bicyclic) bond motifs is 1. The van der Waals surface area contributed by atoms with Crippen molar-refractivity contribution in [2.24, 2.45) is 0 Å². The van der Waals surface area contributed by atoms with E-state index >= 15 is 0 Å². The van der Waals surface area contributed by atoms with Crippen LogP contribution >= 0.6 is 0 Å². The van der Waals surface area contributed by atoms with E-state index in [1.54, 1.807) is 25.1 Å². The van der Waals surface area contributed by atoms with Gasteiger partial charge in [0.1, 0.15) is 11.8 Å². The molecule has 0 aliphatic carbocycles. The van der Waals surface area contributed by atoms with Crippen molar-refractivity contribution >= 4 is 16.9 Å². The molecule has 2 N–H and O–H groups in total. The van der Waals surface area contributed by atoms with Gasteiger partial charge in [-0.25, -0.2) is 14.2 Å². The highest BCUT2D eigenvalue weighted by Crippen LogP contribution is 2.39. The van der Waals surface area contributed by atoms with Crippen LogP contribution in [0.1, 0.15) is 34.8 Å². The van der Waals surface area contributed by atoms with Crippen molar-refractivity contribution in [3.05, 3.63) is 83.4 Å². The predicted octanol–water partition coefficient (Wildman–Crippen LogP) is 4.64. The number of methoxy groups -OCH3 is 1. The lowest BCUT2D eigenvalue weighted by atomic mass is 9.98. The number of pyridine rings is 1. The van der Waals surface area contributed by atoms with E-state index in [0.29, 0.717) is 22.2 Å². The average Bonchev–Trinajstić information content (AvgIpc) is 3.17. The van der Waals surface area contributed by atoms with E-state index in [9.17, 15) is 14.3 Å². The standard InChI is InChI=1S/C24H21FN2O4/c1-3-31-24(29)18-11-7-10-17(26-18)23(28)21-15-12-16(25)20(30-2)13-19(15)27-22(21)14-8-5-4-6-9-14/h4-13,23,27-28H,3H2,1-2H3. The molecule has 0 saturated heterocycles. The SMILES string of the molecule is CCOC(=O)c1cccc(C(O)c2c(-c3ccccc3)[nH]c3cc(OC)c(F)cc23)n1. The summed E-state index contributed by atoms with van der Waals surface area (Å²) in [4.78, 5) is 19.6. The van der Waals surface area contributed by atoms with Crippen molar-refractivity contribution in [2.45, 2.75) is 13.0 Å². The molecule has 158 valence electrons. The summed E-state index contributed by atoms with van der Waals surface area (Å²) in [7, 11) is 1.39. The molecule has 1 atom stereocenters. The number of benzene rings is 2. The van der Waals surface area contributed by atoms with Gasteiger partial charge >= 0.3 is 5.97 Å². The van der Waals surface area contributed by atoms with Crippen LogP contribution in [0, 0.1) is 5.82 Å². The van der Waals surface area contributed by atoms with Gasteiger partial charge < -0.3 is 19.6 Å². The van der Waals surface area contributed by atoms with E-state index in [2.05, 4.69) is 9.97 Å². The topological polar surface area (TPSA) is 84.4 Å². The third kappa shape index (κ3) is 3.87. The fourth-order valence-corrected chi connectivity index (χ4v) is 3.56. The number of aromatic nitrogens is 2. The quantitative estimate of drug-likeness (QED) is 0.444. The zero-order valence-corrected chi connectivity index (χ0v) is 17.1. The number of hydrogen-bond acceptors (Lipinski definition) is 5. The maximum Gasteiger partial charge on any atom is 0.356 e. The van der Waals surface area contributed by atoms with Crippen LogP contribution in [0.15, 0.2) is 60.7 Å². The van der Waals surface area contributed by atoms with Crippen LogP contribution in [0.25, 0.3) is 22.2 Å². The predicted molar refractivity (Wildman–Crippen MR) is 115 cm³/mol. The van der Waals surface area contributed by atoms with Crippen LogP contribution in [0.5, 0.6) is 5.75 Å². The lowest BCUT2D eigenvalue weighted by Crippen LogP contribution is -2.11. The zero-order chi connectivity index (χ0) is 22.0. The first-order valence-corrected chi connectivity index (χ1v) is 9.80. The Bertz CT molecular complexity index is 1240. The molecule has 0 aliphatic heterocycles.